The molecule has 1 amide bonds. The minimum atomic E-state index is -0.0512. The Balaban J connectivity index is 1.51. The third kappa shape index (κ3) is 4.64. The number of likely N-dealkylation sites (N-methyl/N-ethyl adjacent to an activating group) is 1. The lowest BCUT2D eigenvalue weighted by Crippen LogP contribution is -2.30. The van der Waals surface area contributed by atoms with Gasteiger partial charge in [0.1, 0.15) is 12.4 Å². The zero-order valence-electron chi connectivity index (χ0n) is 14.6. The largest absolute Gasteiger partial charge is 0.492 e. The van der Waals surface area contributed by atoms with E-state index in [0.29, 0.717) is 23.7 Å². The molecule has 3 aromatic carbocycles. The molecule has 0 unspecified atom stereocenters. The van der Waals surface area contributed by atoms with Crippen molar-refractivity contribution >= 4 is 17.5 Å². The summed E-state index contributed by atoms with van der Waals surface area (Å²) in [5, 5.41) is 0.617. The molecule has 0 saturated heterocycles. The average Bonchev–Trinajstić information content (AvgIpc) is 2.69. The van der Waals surface area contributed by atoms with E-state index in [0.717, 1.165) is 11.3 Å². The summed E-state index contributed by atoms with van der Waals surface area (Å²) in [5.74, 6) is 0.738. The van der Waals surface area contributed by atoms with E-state index in [1.165, 1.54) is 5.56 Å². The lowest BCUT2D eigenvalue weighted by atomic mass is 10.1. The van der Waals surface area contributed by atoms with Crippen LogP contribution >= 0.6 is 11.6 Å². The van der Waals surface area contributed by atoms with Crippen molar-refractivity contribution < 1.29 is 9.53 Å². The van der Waals surface area contributed by atoms with Crippen molar-refractivity contribution in [3.63, 3.8) is 0 Å². The molecule has 4 heteroatoms. The van der Waals surface area contributed by atoms with Crippen molar-refractivity contribution in [2.45, 2.75) is 0 Å². The minimum Gasteiger partial charge on any atom is -0.492 e. The van der Waals surface area contributed by atoms with Gasteiger partial charge in [0.15, 0.2) is 0 Å². The Bertz CT molecular complexity index is 846. The molecule has 3 rings (SSSR count). The third-order valence-electron chi connectivity index (χ3n) is 4.09. The first-order valence-corrected chi connectivity index (χ1v) is 8.80. The molecule has 0 atom stereocenters. The summed E-state index contributed by atoms with van der Waals surface area (Å²) in [6.07, 6.45) is 0. The summed E-state index contributed by atoms with van der Waals surface area (Å²) in [4.78, 5) is 14.0. The molecular weight excluding hydrogens is 346 g/mol. The average molecular weight is 366 g/mol. The Hall–Kier alpha value is -2.78. The van der Waals surface area contributed by atoms with E-state index in [2.05, 4.69) is 12.1 Å². The molecule has 26 heavy (non-hydrogen) atoms. The number of amides is 1. The van der Waals surface area contributed by atoms with Crippen LogP contribution in [0.1, 0.15) is 10.4 Å². The van der Waals surface area contributed by atoms with Crippen LogP contribution in [0, 0.1) is 0 Å². The molecule has 0 radical (unpaired) electrons. The van der Waals surface area contributed by atoms with Crippen LogP contribution in [0.5, 0.6) is 5.75 Å². The van der Waals surface area contributed by atoms with Crippen molar-refractivity contribution in [1.82, 2.24) is 4.90 Å². The predicted molar refractivity (Wildman–Crippen MR) is 106 cm³/mol. The van der Waals surface area contributed by atoms with Gasteiger partial charge in [-0.15, -0.1) is 0 Å². The van der Waals surface area contributed by atoms with Crippen LogP contribution in [0.2, 0.25) is 5.02 Å². The van der Waals surface area contributed by atoms with Crippen LogP contribution in [0.15, 0.2) is 78.9 Å². The molecule has 0 N–H and O–H groups in total. The second-order valence-electron chi connectivity index (χ2n) is 5.97. The maximum absolute atomic E-state index is 12.3. The summed E-state index contributed by atoms with van der Waals surface area (Å²) in [7, 11) is 1.76. The highest BCUT2D eigenvalue weighted by molar-refractivity contribution is 6.30. The number of rotatable bonds is 6. The maximum Gasteiger partial charge on any atom is 0.253 e. The van der Waals surface area contributed by atoms with E-state index in [1.54, 1.807) is 36.2 Å². The monoisotopic (exact) mass is 365 g/mol. The summed E-state index contributed by atoms with van der Waals surface area (Å²) < 4.78 is 5.76. The lowest BCUT2D eigenvalue weighted by Gasteiger charge is -2.17. The molecule has 0 bridgehead atoms. The first-order valence-electron chi connectivity index (χ1n) is 8.43. The molecule has 0 aromatic heterocycles. The van der Waals surface area contributed by atoms with Gasteiger partial charge in [0.05, 0.1) is 6.54 Å². The number of benzene rings is 3. The standard InChI is InChI=1S/C22H20ClNO2/c1-24(22(25)19-7-11-20(23)12-8-19)15-16-26-21-13-9-18(10-14-21)17-5-3-2-4-6-17/h2-14H,15-16H2,1H3. The molecule has 0 heterocycles. The fraction of sp³-hybridized carbons (Fsp3) is 0.136. The molecule has 0 spiro atoms. The summed E-state index contributed by atoms with van der Waals surface area (Å²) >= 11 is 5.85. The van der Waals surface area contributed by atoms with Crippen molar-refractivity contribution in [3.8, 4) is 16.9 Å². The smallest absolute Gasteiger partial charge is 0.253 e. The highest BCUT2D eigenvalue weighted by Crippen LogP contribution is 2.22. The van der Waals surface area contributed by atoms with Crippen molar-refractivity contribution in [2.24, 2.45) is 0 Å². The molecule has 0 fully saturated rings. The number of hydrogen-bond acceptors (Lipinski definition) is 2. The molecule has 132 valence electrons. The van der Waals surface area contributed by atoms with E-state index in [-0.39, 0.29) is 5.91 Å². The van der Waals surface area contributed by atoms with E-state index < -0.39 is 0 Å². The molecular formula is C22H20ClNO2. The van der Waals surface area contributed by atoms with Crippen molar-refractivity contribution in [3.05, 3.63) is 89.4 Å². The van der Waals surface area contributed by atoms with Gasteiger partial charge in [-0.05, 0) is 47.5 Å². The van der Waals surface area contributed by atoms with Crippen molar-refractivity contribution in [2.75, 3.05) is 20.2 Å². The van der Waals surface area contributed by atoms with Crippen LogP contribution in [0.25, 0.3) is 11.1 Å². The molecule has 0 saturated carbocycles. The van der Waals surface area contributed by atoms with Gasteiger partial charge in [-0.3, -0.25) is 4.79 Å². The number of ether oxygens (including phenoxy) is 1. The Kier molecular flexibility index (Phi) is 5.92. The lowest BCUT2D eigenvalue weighted by molar-refractivity contribution is 0.0774. The summed E-state index contributed by atoms with van der Waals surface area (Å²) in [5.41, 5.74) is 2.93. The van der Waals surface area contributed by atoms with Gasteiger partial charge < -0.3 is 9.64 Å². The highest BCUT2D eigenvalue weighted by Gasteiger charge is 2.11. The van der Waals surface area contributed by atoms with E-state index in [9.17, 15) is 4.79 Å². The zero-order valence-corrected chi connectivity index (χ0v) is 15.3. The molecule has 3 aromatic rings. The van der Waals surface area contributed by atoms with Crippen LogP contribution in [0.4, 0.5) is 0 Å². The Labute approximate surface area is 158 Å². The predicted octanol–water partition coefficient (Wildman–Crippen LogP) is 5.16. The van der Waals surface area contributed by atoms with Crippen LogP contribution in [-0.4, -0.2) is 31.0 Å². The molecule has 0 aliphatic carbocycles. The van der Waals surface area contributed by atoms with Crippen LogP contribution in [0.3, 0.4) is 0 Å². The van der Waals surface area contributed by atoms with Gasteiger partial charge in [0.2, 0.25) is 0 Å². The molecule has 3 nitrogen and oxygen atoms in total. The van der Waals surface area contributed by atoms with Gasteiger partial charge in [0, 0.05) is 17.6 Å². The minimum absolute atomic E-state index is 0.0512. The second-order valence-corrected chi connectivity index (χ2v) is 6.41. The first kappa shape index (κ1) is 18.0. The summed E-state index contributed by atoms with van der Waals surface area (Å²) in [6.45, 7) is 0.933. The van der Waals surface area contributed by atoms with E-state index in [1.807, 2.05) is 42.5 Å². The van der Waals surface area contributed by atoms with Crippen LogP contribution in [-0.2, 0) is 0 Å². The fourth-order valence-electron chi connectivity index (χ4n) is 2.59. The van der Waals surface area contributed by atoms with Gasteiger partial charge in [-0.1, -0.05) is 54.1 Å². The second kappa shape index (κ2) is 8.54. The van der Waals surface area contributed by atoms with Crippen LogP contribution < -0.4 is 4.74 Å². The molecule has 0 aliphatic heterocycles. The third-order valence-corrected chi connectivity index (χ3v) is 4.35. The normalized spacial score (nSPS) is 10.4. The van der Waals surface area contributed by atoms with Gasteiger partial charge in [-0.2, -0.15) is 0 Å². The quantitative estimate of drug-likeness (QED) is 0.604. The fourth-order valence-corrected chi connectivity index (χ4v) is 2.72. The Morgan fingerprint density at radius 3 is 2.15 bits per heavy atom. The Morgan fingerprint density at radius 2 is 1.50 bits per heavy atom. The number of hydrogen-bond donors (Lipinski definition) is 0. The SMILES string of the molecule is CN(CCOc1ccc(-c2ccccc2)cc1)C(=O)c1ccc(Cl)cc1. The van der Waals surface area contributed by atoms with Crippen molar-refractivity contribution in [1.29, 1.82) is 0 Å². The van der Waals surface area contributed by atoms with E-state index >= 15 is 0 Å². The highest BCUT2D eigenvalue weighted by atomic mass is 35.5. The number of halogens is 1. The topological polar surface area (TPSA) is 29.5 Å². The van der Waals surface area contributed by atoms with Gasteiger partial charge >= 0.3 is 0 Å². The number of carbonyl (C=O) groups is 1. The zero-order chi connectivity index (χ0) is 18.4. The van der Waals surface area contributed by atoms with Gasteiger partial charge in [-0.25, -0.2) is 0 Å². The number of nitrogens with zero attached hydrogens (tertiary/aromatic N) is 1. The van der Waals surface area contributed by atoms with E-state index in [4.69, 9.17) is 16.3 Å². The first-order chi connectivity index (χ1) is 12.6. The molecule has 0 aliphatic rings. The van der Waals surface area contributed by atoms with Gasteiger partial charge in [0.25, 0.3) is 5.91 Å². The summed E-state index contributed by atoms with van der Waals surface area (Å²) in [6, 6.07) is 25.0. The number of carbonyl (C=O) groups excluding carboxylic acids is 1. The Morgan fingerprint density at radius 1 is 0.885 bits per heavy atom. The maximum atomic E-state index is 12.3.